The van der Waals surface area contributed by atoms with Gasteiger partial charge in [-0.15, -0.1) is 11.6 Å². The molecule has 0 spiro atoms. The van der Waals surface area contributed by atoms with Crippen LogP contribution in [0, 0.1) is 17.2 Å². The van der Waals surface area contributed by atoms with Crippen molar-refractivity contribution in [3.63, 3.8) is 0 Å². The number of carbonyl (C=O) groups excluding carboxylic acids is 1. The average Bonchev–Trinajstić information content (AvgIpc) is 2.78. The second-order valence-corrected chi connectivity index (χ2v) is 11.4. The number of nitrogens with one attached hydrogen (secondary N) is 1. The minimum absolute atomic E-state index is 0.133. The molecule has 0 aromatic heterocycles. The third-order valence-corrected chi connectivity index (χ3v) is 6.66. The van der Waals surface area contributed by atoms with Crippen molar-refractivity contribution in [2.24, 2.45) is 5.92 Å². The van der Waals surface area contributed by atoms with Gasteiger partial charge in [0.25, 0.3) is 0 Å². The van der Waals surface area contributed by atoms with Crippen molar-refractivity contribution in [3.05, 3.63) is 58.1 Å². The van der Waals surface area contributed by atoms with Crippen LogP contribution in [-0.4, -0.2) is 36.8 Å². The van der Waals surface area contributed by atoms with E-state index in [1.165, 1.54) is 0 Å². The highest BCUT2D eigenvalue weighted by Crippen LogP contribution is 2.38. The van der Waals surface area contributed by atoms with Crippen LogP contribution >= 0.6 is 23.2 Å². The highest BCUT2D eigenvalue weighted by atomic mass is 35.5. The molecule has 1 aliphatic carbocycles. The van der Waals surface area contributed by atoms with Crippen LogP contribution in [0.25, 0.3) is 0 Å². The Kier molecular flexibility index (Phi) is 9.03. The summed E-state index contributed by atoms with van der Waals surface area (Å²) in [5.74, 6) is 1.86. The van der Waals surface area contributed by atoms with E-state index in [9.17, 15) is 10.1 Å². The monoisotopic (exact) mass is 532 g/mol. The molecule has 2 aromatic rings. The quantitative estimate of drug-likeness (QED) is 0.357. The average molecular weight is 533 g/mol. The molecule has 194 valence electrons. The number of amides is 1. The van der Waals surface area contributed by atoms with Gasteiger partial charge >= 0.3 is 6.09 Å². The van der Waals surface area contributed by atoms with Crippen molar-refractivity contribution in [1.29, 1.82) is 5.26 Å². The molecule has 1 saturated carbocycles. The fraction of sp³-hybridized carbons (Fsp3) is 0.500. The first-order valence-electron chi connectivity index (χ1n) is 12.1. The molecule has 1 N–H and O–H groups in total. The van der Waals surface area contributed by atoms with Gasteiger partial charge in [0.05, 0.1) is 23.1 Å². The molecule has 3 rings (SSSR count). The van der Waals surface area contributed by atoms with E-state index in [1.807, 2.05) is 57.2 Å². The third-order valence-electron chi connectivity index (χ3n) is 6.23. The second kappa shape index (κ2) is 11.6. The number of nitriles is 1. The van der Waals surface area contributed by atoms with Gasteiger partial charge < -0.3 is 19.5 Å². The summed E-state index contributed by atoms with van der Waals surface area (Å²) >= 11 is 12.2. The summed E-state index contributed by atoms with van der Waals surface area (Å²) in [7, 11) is 0. The van der Waals surface area contributed by atoms with Crippen molar-refractivity contribution in [3.8, 4) is 17.6 Å². The van der Waals surface area contributed by atoms with Crippen molar-refractivity contribution in [2.45, 2.75) is 64.5 Å². The molecule has 0 aliphatic heterocycles. The smallest absolute Gasteiger partial charge is 0.407 e. The Morgan fingerprint density at radius 3 is 2.33 bits per heavy atom. The zero-order chi connectivity index (χ0) is 26.5. The number of nitrogens with zero attached hydrogens (tertiary/aromatic N) is 1. The van der Waals surface area contributed by atoms with Gasteiger partial charge in [0.1, 0.15) is 24.0 Å². The summed E-state index contributed by atoms with van der Waals surface area (Å²) in [4.78, 5) is 11.9. The van der Waals surface area contributed by atoms with Gasteiger partial charge in [-0.3, -0.25) is 0 Å². The molecule has 1 aliphatic rings. The Labute approximate surface area is 223 Å². The van der Waals surface area contributed by atoms with Gasteiger partial charge in [-0.25, -0.2) is 4.79 Å². The maximum atomic E-state index is 11.9. The van der Waals surface area contributed by atoms with Crippen LogP contribution < -0.4 is 14.8 Å². The van der Waals surface area contributed by atoms with Crippen LogP contribution in [0.4, 0.5) is 4.79 Å². The molecular weight excluding hydrogens is 499 g/mol. The Morgan fingerprint density at radius 1 is 1.08 bits per heavy atom. The summed E-state index contributed by atoms with van der Waals surface area (Å²) < 4.78 is 16.9. The van der Waals surface area contributed by atoms with E-state index >= 15 is 0 Å². The zero-order valence-corrected chi connectivity index (χ0v) is 23.0. The fourth-order valence-electron chi connectivity index (χ4n) is 4.14. The maximum absolute atomic E-state index is 11.9. The van der Waals surface area contributed by atoms with Crippen molar-refractivity contribution in [2.75, 3.05) is 19.1 Å². The summed E-state index contributed by atoms with van der Waals surface area (Å²) in [6, 6.07) is 13.9. The highest BCUT2D eigenvalue weighted by Gasteiger charge is 2.32. The topological polar surface area (TPSA) is 80.6 Å². The zero-order valence-electron chi connectivity index (χ0n) is 21.5. The minimum atomic E-state index is -0.497. The molecule has 0 saturated heterocycles. The lowest BCUT2D eigenvalue weighted by atomic mass is 9.77. The molecule has 2 aromatic carbocycles. The number of ether oxygens (including phenoxy) is 3. The van der Waals surface area contributed by atoms with Gasteiger partial charge in [0, 0.05) is 11.5 Å². The number of carbonyl (C=O) groups is 1. The second-order valence-electron chi connectivity index (χ2n) is 10.6. The summed E-state index contributed by atoms with van der Waals surface area (Å²) in [6.07, 6.45) is 1.37. The summed E-state index contributed by atoms with van der Waals surface area (Å²) in [6.45, 7) is 10.6. The summed E-state index contributed by atoms with van der Waals surface area (Å²) in [5, 5.41) is 12.9. The van der Waals surface area contributed by atoms with Crippen LogP contribution in [0.5, 0.6) is 11.5 Å². The van der Waals surface area contributed by atoms with E-state index in [1.54, 1.807) is 0 Å². The molecule has 0 atom stereocenters. The van der Waals surface area contributed by atoms with E-state index in [0.29, 0.717) is 34.7 Å². The van der Waals surface area contributed by atoms with Gasteiger partial charge in [-0.2, -0.15) is 5.26 Å². The molecule has 1 amide bonds. The van der Waals surface area contributed by atoms with Crippen molar-refractivity contribution in [1.82, 2.24) is 5.32 Å². The fourth-order valence-corrected chi connectivity index (χ4v) is 4.49. The van der Waals surface area contributed by atoms with Gasteiger partial charge in [0.2, 0.25) is 0 Å². The number of rotatable bonds is 9. The van der Waals surface area contributed by atoms with Crippen LogP contribution in [0.1, 0.15) is 64.2 Å². The number of hydrogen-bond acceptors (Lipinski definition) is 5. The Balaban J connectivity index is 1.57. The predicted octanol–water partition coefficient (Wildman–Crippen LogP) is 6.84. The first-order valence-corrected chi connectivity index (χ1v) is 13.0. The van der Waals surface area contributed by atoms with E-state index < -0.39 is 11.0 Å². The lowest BCUT2D eigenvalue weighted by Crippen LogP contribution is -2.47. The van der Waals surface area contributed by atoms with Crippen LogP contribution in [0.15, 0.2) is 36.4 Å². The molecule has 1 fully saturated rings. The van der Waals surface area contributed by atoms with Crippen LogP contribution in [0.3, 0.4) is 0 Å². The minimum Gasteiger partial charge on any atom is -0.493 e. The van der Waals surface area contributed by atoms with Gasteiger partial charge in [-0.1, -0.05) is 37.6 Å². The lowest BCUT2D eigenvalue weighted by molar-refractivity contribution is 0.0428. The van der Waals surface area contributed by atoms with Gasteiger partial charge in [0.15, 0.2) is 5.75 Å². The van der Waals surface area contributed by atoms with Crippen LogP contribution in [0.2, 0.25) is 5.02 Å². The number of alkyl halides is 1. The van der Waals surface area contributed by atoms with E-state index in [0.717, 1.165) is 29.7 Å². The third kappa shape index (κ3) is 7.21. The molecule has 6 nitrogen and oxygen atoms in total. The number of halogens is 2. The Morgan fingerprint density at radius 2 is 1.75 bits per heavy atom. The highest BCUT2D eigenvalue weighted by molar-refractivity contribution is 6.32. The Bertz CT molecular complexity index is 1100. The van der Waals surface area contributed by atoms with Crippen LogP contribution in [-0.2, 0) is 10.2 Å². The summed E-state index contributed by atoms with van der Waals surface area (Å²) in [5.41, 5.74) is 1.47. The number of benzene rings is 2. The first kappa shape index (κ1) is 28.0. The van der Waals surface area contributed by atoms with E-state index in [-0.39, 0.29) is 18.7 Å². The number of alkyl carbamates (subject to hydrolysis) is 1. The normalized spacial score (nSPS) is 17.5. The molecule has 0 heterocycles. The van der Waals surface area contributed by atoms with Crippen molar-refractivity contribution < 1.29 is 19.0 Å². The Hall–Kier alpha value is -2.62. The molecular formula is C28H34Cl2N2O4. The van der Waals surface area contributed by atoms with E-state index in [4.69, 9.17) is 37.4 Å². The maximum Gasteiger partial charge on any atom is 0.407 e. The lowest BCUT2D eigenvalue weighted by Gasteiger charge is -2.36. The largest absolute Gasteiger partial charge is 0.493 e. The molecule has 36 heavy (non-hydrogen) atoms. The number of hydrogen-bond donors (Lipinski definition) is 1. The first-order chi connectivity index (χ1) is 16.9. The molecule has 0 radical (unpaired) electrons. The SMILES string of the molecule is CC(C)(C)OC(=O)N[C@H]1C[C@H](COc2ccc(C(C)(C)c3cc(Cl)c(OCCCl)c(C#N)c3)cc2)C1. The van der Waals surface area contributed by atoms with Crippen molar-refractivity contribution >= 4 is 29.3 Å². The predicted molar refractivity (Wildman–Crippen MR) is 142 cm³/mol. The molecule has 8 heteroatoms. The van der Waals surface area contributed by atoms with Gasteiger partial charge in [-0.05, 0) is 74.9 Å². The molecule has 0 unspecified atom stereocenters. The standard InChI is InChI=1S/C28H34Cl2N2O4/c1-27(2,3)36-26(33)32-22-12-18(13-22)17-35-23-8-6-20(7-9-23)28(4,5)21-14-19(16-31)25(24(30)15-21)34-11-10-29/h6-9,14-15,18,22H,10-13,17H2,1-5H3,(H,32,33)/t18-,22-. The molecule has 0 bridgehead atoms. The van der Waals surface area contributed by atoms with E-state index in [2.05, 4.69) is 25.2 Å².